The number of rotatable bonds is 3. The standard InChI is InChI=1S/C19H22FN3O2/c20-16-6-5-14(18-4-3-11-25-18)12-17(16)21-19(24)23-10-7-15(13-23)22-8-1-2-9-22/h3-6,11-12,15H,1-2,7-10,13H2,(H,21,24)/t15-/m1/s1. The number of halogens is 1. The summed E-state index contributed by atoms with van der Waals surface area (Å²) in [7, 11) is 0. The molecule has 1 aromatic heterocycles. The maximum Gasteiger partial charge on any atom is 0.321 e. The minimum absolute atomic E-state index is 0.184. The zero-order valence-corrected chi connectivity index (χ0v) is 14.1. The lowest BCUT2D eigenvalue weighted by atomic mass is 10.1. The molecule has 0 unspecified atom stereocenters. The van der Waals surface area contributed by atoms with Gasteiger partial charge < -0.3 is 14.6 Å². The first-order valence-corrected chi connectivity index (χ1v) is 8.84. The zero-order chi connectivity index (χ0) is 17.2. The molecule has 1 atom stereocenters. The summed E-state index contributed by atoms with van der Waals surface area (Å²) in [6, 6.07) is 8.39. The van der Waals surface area contributed by atoms with Gasteiger partial charge in [0.1, 0.15) is 11.6 Å². The fourth-order valence-electron chi connectivity index (χ4n) is 3.74. The predicted octanol–water partition coefficient (Wildman–Crippen LogP) is 3.79. The van der Waals surface area contributed by atoms with Crippen molar-refractivity contribution in [3.05, 3.63) is 42.4 Å². The SMILES string of the molecule is O=C(Nc1cc(-c2ccco2)ccc1F)N1CC[C@@H](N2CCCC2)C1. The van der Waals surface area contributed by atoms with Crippen molar-refractivity contribution in [2.24, 2.45) is 0 Å². The van der Waals surface area contributed by atoms with Crippen molar-refractivity contribution < 1.29 is 13.6 Å². The third-order valence-electron chi connectivity index (χ3n) is 5.12. The molecule has 0 aliphatic carbocycles. The van der Waals surface area contributed by atoms with Gasteiger partial charge in [0.2, 0.25) is 0 Å². The van der Waals surface area contributed by atoms with E-state index in [0.29, 0.717) is 24.9 Å². The molecular weight excluding hydrogens is 321 g/mol. The quantitative estimate of drug-likeness (QED) is 0.922. The lowest BCUT2D eigenvalue weighted by Gasteiger charge is -2.23. The molecule has 4 rings (SSSR count). The average molecular weight is 343 g/mol. The number of hydrogen-bond donors (Lipinski definition) is 1. The van der Waals surface area contributed by atoms with Gasteiger partial charge in [-0.25, -0.2) is 9.18 Å². The molecule has 2 aliphatic heterocycles. The van der Waals surface area contributed by atoms with Gasteiger partial charge in [0.05, 0.1) is 12.0 Å². The highest BCUT2D eigenvalue weighted by Gasteiger charge is 2.31. The minimum Gasteiger partial charge on any atom is -0.464 e. The van der Waals surface area contributed by atoms with Crippen LogP contribution in [0.25, 0.3) is 11.3 Å². The summed E-state index contributed by atoms with van der Waals surface area (Å²) < 4.78 is 19.4. The van der Waals surface area contributed by atoms with E-state index in [-0.39, 0.29) is 11.7 Å². The number of carbonyl (C=O) groups excluding carboxylic acids is 1. The lowest BCUT2D eigenvalue weighted by molar-refractivity contribution is 0.210. The molecule has 0 spiro atoms. The van der Waals surface area contributed by atoms with Crippen LogP contribution in [-0.2, 0) is 0 Å². The number of anilines is 1. The second kappa shape index (κ2) is 6.88. The third-order valence-corrected chi connectivity index (χ3v) is 5.12. The number of nitrogens with one attached hydrogen (secondary N) is 1. The molecule has 6 heteroatoms. The van der Waals surface area contributed by atoms with Gasteiger partial charge in [-0.15, -0.1) is 0 Å². The number of hydrogen-bond acceptors (Lipinski definition) is 3. The highest BCUT2D eigenvalue weighted by atomic mass is 19.1. The highest BCUT2D eigenvalue weighted by Crippen LogP contribution is 2.26. The summed E-state index contributed by atoms with van der Waals surface area (Å²) in [6.45, 7) is 3.68. The average Bonchev–Trinajstić information content (AvgIpc) is 3.37. The van der Waals surface area contributed by atoms with Gasteiger partial charge in [-0.1, -0.05) is 0 Å². The van der Waals surface area contributed by atoms with Crippen LogP contribution >= 0.6 is 0 Å². The second-order valence-electron chi connectivity index (χ2n) is 6.73. The molecule has 1 N–H and O–H groups in total. The van der Waals surface area contributed by atoms with Gasteiger partial charge >= 0.3 is 6.03 Å². The number of likely N-dealkylation sites (tertiary alicyclic amines) is 2. The fourth-order valence-corrected chi connectivity index (χ4v) is 3.74. The Kier molecular flexibility index (Phi) is 4.44. The number of urea groups is 1. The van der Waals surface area contributed by atoms with E-state index in [2.05, 4.69) is 10.2 Å². The summed E-state index contributed by atoms with van der Waals surface area (Å²) in [5.74, 6) is 0.199. The maximum atomic E-state index is 14.1. The van der Waals surface area contributed by atoms with Gasteiger partial charge in [0, 0.05) is 24.7 Å². The van der Waals surface area contributed by atoms with Crippen LogP contribution < -0.4 is 5.32 Å². The molecular formula is C19H22FN3O2. The first-order chi connectivity index (χ1) is 12.2. The van der Waals surface area contributed by atoms with Crippen LogP contribution in [0.5, 0.6) is 0 Å². The van der Waals surface area contributed by atoms with E-state index in [1.54, 1.807) is 35.4 Å². The van der Waals surface area contributed by atoms with Crippen molar-refractivity contribution in [1.82, 2.24) is 9.80 Å². The van der Waals surface area contributed by atoms with Crippen LogP contribution in [0.1, 0.15) is 19.3 Å². The van der Waals surface area contributed by atoms with Gasteiger partial charge in [-0.2, -0.15) is 0 Å². The summed E-state index contributed by atoms with van der Waals surface area (Å²) >= 11 is 0. The maximum absolute atomic E-state index is 14.1. The van der Waals surface area contributed by atoms with E-state index in [9.17, 15) is 9.18 Å². The van der Waals surface area contributed by atoms with Crippen molar-refractivity contribution in [3.63, 3.8) is 0 Å². The van der Waals surface area contributed by atoms with Crippen molar-refractivity contribution in [3.8, 4) is 11.3 Å². The van der Waals surface area contributed by atoms with E-state index in [1.807, 2.05) is 0 Å². The highest BCUT2D eigenvalue weighted by molar-refractivity contribution is 5.90. The molecule has 0 saturated carbocycles. The van der Waals surface area contributed by atoms with E-state index < -0.39 is 5.82 Å². The molecule has 2 amide bonds. The number of benzene rings is 1. The van der Waals surface area contributed by atoms with E-state index in [1.165, 1.54) is 18.9 Å². The Morgan fingerprint density at radius 2 is 2.04 bits per heavy atom. The molecule has 0 radical (unpaired) electrons. The lowest BCUT2D eigenvalue weighted by Crippen LogP contribution is -2.38. The van der Waals surface area contributed by atoms with Crippen LogP contribution in [0.2, 0.25) is 0 Å². The molecule has 5 nitrogen and oxygen atoms in total. The molecule has 3 heterocycles. The Morgan fingerprint density at radius 3 is 2.80 bits per heavy atom. The summed E-state index contributed by atoms with van der Waals surface area (Å²) in [5.41, 5.74) is 0.918. The number of carbonyl (C=O) groups is 1. The van der Waals surface area contributed by atoms with Crippen molar-refractivity contribution >= 4 is 11.7 Å². The van der Waals surface area contributed by atoms with Crippen LogP contribution in [0.15, 0.2) is 41.0 Å². The Hall–Kier alpha value is -2.34. The van der Waals surface area contributed by atoms with Crippen LogP contribution in [-0.4, -0.2) is 48.1 Å². The summed E-state index contributed by atoms with van der Waals surface area (Å²) in [6.07, 6.45) is 5.04. The van der Waals surface area contributed by atoms with Gasteiger partial charge in [0.15, 0.2) is 0 Å². The molecule has 2 saturated heterocycles. The first-order valence-electron chi connectivity index (χ1n) is 8.84. The van der Waals surface area contributed by atoms with Gasteiger partial charge in [0.25, 0.3) is 0 Å². The Labute approximate surface area is 146 Å². The van der Waals surface area contributed by atoms with E-state index in [0.717, 1.165) is 25.1 Å². The van der Waals surface area contributed by atoms with Crippen LogP contribution in [0, 0.1) is 5.82 Å². The molecule has 0 bridgehead atoms. The van der Waals surface area contributed by atoms with Gasteiger partial charge in [-0.3, -0.25) is 4.90 Å². The minimum atomic E-state index is -0.445. The number of furan rings is 1. The smallest absolute Gasteiger partial charge is 0.321 e. The Balaban J connectivity index is 1.43. The molecule has 25 heavy (non-hydrogen) atoms. The molecule has 2 aromatic rings. The molecule has 2 aliphatic rings. The van der Waals surface area contributed by atoms with Crippen LogP contribution in [0.4, 0.5) is 14.9 Å². The van der Waals surface area contributed by atoms with Crippen molar-refractivity contribution in [1.29, 1.82) is 0 Å². The largest absolute Gasteiger partial charge is 0.464 e. The summed E-state index contributed by atoms with van der Waals surface area (Å²) in [4.78, 5) is 16.8. The normalized spacial score (nSPS) is 21.0. The monoisotopic (exact) mass is 343 g/mol. The molecule has 132 valence electrons. The topological polar surface area (TPSA) is 48.7 Å². The number of amides is 2. The van der Waals surface area contributed by atoms with Crippen molar-refractivity contribution in [2.45, 2.75) is 25.3 Å². The van der Waals surface area contributed by atoms with Crippen LogP contribution in [0.3, 0.4) is 0 Å². The summed E-state index contributed by atoms with van der Waals surface area (Å²) in [5, 5.41) is 2.72. The second-order valence-corrected chi connectivity index (χ2v) is 6.73. The number of nitrogens with zero attached hydrogens (tertiary/aromatic N) is 2. The Bertz CT molecular complexity index is 741. The third kappa shape index (κ3) is 3.39. The predicted molar refractivity (Wildman–Crippen MR) is 93.9 cm³/mol. The fraction of sp³-hybridized carbons (Fsp3) is 0.421. The van der Waals surface area contributed by atoms with E-state index in [4.69, 9.17) is 4.42 Å². The zero-order valence-electron chi connectivity index (χ0n) is 14.1. The van der Waals surface area contributed by atoms with Crippen molar-refractivity contribution in [2.75, 3.05) is 31.5 Å². The molecule has 2 fully saturated rings. The Morgan fingerprint density at radius 1 is 1.20 bits per heavy atom. The first kappa shape index (κ1) is 16.1. The van der Waals surface area contributed by atoms with E-state index >= 15 is 0 Å². The van der Waals surface area contributed by atoms with Gasteiger partial charge in [-0.05, 0) is 62.7 Å². The molecule has 1 aromatic carbocycles.